The third kappa shape index (κ3) is 2.78. The minimum absolute atomic E-state index is 0.100. The van der Waals surface area contributed by atoms with E-state index in [-0.39, 0.29) is 12.0 Å². The lowest BCUT2D eigenvalue weighted by atomic mass is 9.74. The fourth-order valence-electron chi connectivity index (χ4n) is 4.45. The van der Waals surface area contributed by atoms with E-state index in [2.05, 4.69) is 0 Å². The Morgan fingerprint density at radius 1 is 1.24 bits per heavy atom. The number of para-hydroxylation sites is 1. The van der Waals surface area contributed by atoms with Crippen LogP contribution in [0.5, 0.6) is 0 Å². The van der Waals surface area contributed by atoms with Crippen LogP contribution in [0.15, 0.2) is 24.3 Å². The molecule has 1 unspecified atom stereocenters. The van der Waals surface area contributed by atoms with Gasteiger partial charge in [0.05, 0.1) is 24.3 Å². The molecule has 6 nitrogen and oxygen atoms in total. The van der Waals surface area contributed by atoms with E-state index in [4.69, 9.17) is 4.74 Å². The molecule has 7 heteroatoms. The van der Waals surface area contributed by atoms with E-state index in [1.165, 1.54) is 10.6 Å². The first kappa shape index (κ1) is 17.0. The zero-order valence-electron chi connectivity index (χ0n) is 14.5. The zero-order chi connectivity index (χ0) is 17.7. The third-order valence-electron chi connectivity index (χ3n) is 5.82. The molecule has 4 rings (SSSR count). The molecule has 3 aliphatic rings. The van der Waals surface area contributed by atoms with Gasteiger partial charge in [0, 0.05) is 25.4 Å². The monoisotopic (exact) mass is 364 g/mol. The van der Waals surface area contributed by atoms with E-state index in [0.717, 1.165) is 30.7 Å². The SMILES string of the molecule is CS(=O)(=O)N1CCC2(CC1)C(=O)N(CC1CCCO1)c1ccccc12. The molecule has 0 bridgehead atoms. The fraction of sp³-hybridized carbons (Fsp3) is 0.611. The van der Waals surface area contributed by atoms with Gasteiger partial charge in [0.2, 0.25) is 15.9 Å². The number of fused-ring (bicyclic) bond motifs is 2. The molecule has 3 aliphatic heterocycles. The quantitative estimate of drug-likeness (QED) is 0.815. The zero-order valence-corrected chi connectivity index (χ0v) is 15.3. The number of carbonyl (C=O) groups excluding carboxylic acids is 1. The second-order valence-corrected chi connectivity index (χ2v) is 9.29. The molecule has 136 valence electrons. The highest BCUT2D eigenvalue weighted by Crippen LogP contribution is 2.48. The number of rotatable bonds is 3. The average molecular weight is 364 g/mol. The molecule has 0 saturated carbocycles. The molecule has 1 aromatic carbocycles. The Balaban J connectivity index is 1.64. The third-order valence-corrected chi connectivity index (χ3v) is 7.12. The van der Waals surface area contributed by atoms with Crippen molar-refractivity contribution in [3.8, 4) is 0 Å². The van der Waals surface area contributed by atoms with Gasteiger partial charge in [-0.15, -0.1) is 0 Å². The van der Waals surface area contributed by atoms with E-state index in [1.54, 1.807) is 0 Å². The molecule has 25 heavy (non-hydrogen) atoms. The number of amides is 1. The lowest BCUT2D eigenvalue weighted by molar-refractivity contribution is -0.124. The summed E-state index contributed by atoms with van der Waals surface area (Å²) in [6.07, 6.45) is 4.45. The predicted octanol–water partition coefficient (Wildman–Crippen LogP) is 1.51. The minimum atomic E-state index is -3.21. The van der Waals surface area contributed by atoms with Crippen molar-refractivity contribution in [2.24, 2.45) is 0 Å². The summed E-state index contributed by atoms with van der Waals surface area (Å²) in [6.45, 7) is 2.15. The molecule has 1 spiro atoms. The van der Waals surface area contributed by atoms with Gasteiger partial charge in [0.15, 0.2) is 0 Å². The number of anilines is 1. The van der Waals surface area contributed by atoms with Gasteiger partial charge in [-0.3, -0.25) is 4.79 Å². The molecule has 0 N–H and O–H groups in total. The number of nitrogens with zero attached hydrogens (tertiary/aromatic N) is 2. The Kier molecular flexibility index (Phi) is 4.13. The van der Waals surface area contributed by atoms with Crippen LogP contribution in [0.3, 0.4) is 0 Å². The summed E-state index contributed by atoms with van der Waals surface area (Å²) in [5.74, 6) is 0.109. The van der Waals surface area contributed by atoms with Gasteiger partial charge in [0.25, 0.3) is 0 Å². The van der Waals surface area contributed by atoms with Crippen molar-refractivity contribution in [2.75, 3.05) is 37.4 Å². The van der Waals surface area contributed by atoms with Crippen molar-refractivity contribution in [2.45, 2.75) is 37.2 Å². The molecular weight excluding hydrogens is 340 g/mol. The highest BCUT2D eigenvalue weighted by molar-refractivity contribution is 7.88. The Bertz CT molecular complexity index is 778. The summed E-state index contributed by atoms with van der Waals surface area (Å²) in [6, 6.07) is 7.95. The van der Waals surface area contributed by atoms with Gasteiger partial charge in [0.1, 0.15) is 0 Å². The normalized spacial score (nSPS) is 26.4. The lowest BCUT2D eigenvalue weighted by Gasteiger charge is -2.37. The molecule has 1 aromatic rings. The van der Waals surface area contributed by atoms with Crippen LogP contribution in [0.2, 0.25) is 0 Å². The van der Waals surface area contributed by atoms with Gasteiger partial charge in [-0.25, -0.2) is 12.7 Å². The summed E-state index contributed by atoms with van der Waals surface area (Å²) in [5.41, 5.74) is 1.43. The molecule has 3 heterocycles. The van der Waals surface area contributed by atoms with Crippen LogP contribution in [-0.4, -0.2) is 57.2 Å². The van der Waals surface area contributed by atoms with E-state index in [9.17, 15) is 13.2 Å². The first-order valence-corrected chi connectivity index (χ1v) is 10.7. The Morgan fingerprint density at radius 2 is 1.96 bits per heavy atom. The molecule has 0 radical (unpaired) electrons. The summed E-state index contributed by atoms with van der Waals surface area (Å²) < 4.78 is 30.9. The first-order valence-electron chi connectivity index (χ1n) is 8.90. The highest BCUT2D eigenvalue weighted by Gasteiger charge is 2.52. The maximum atomic E-state index is 13.4. The van der Waals surface area contributed by atoms with Crippen molar-refractivity contribution in [3.63, 3.8) is 0 Å². The number of hydrogen-bond donors (Lipinski definition) is 0. The van der Waals surface area contributed by atoms with E-state index in [1.807, 2.05) is 29.2 Å². The second kappa shape index (κ2) is 6.07. The number of piperidine rings is 1. The molecule has 2 saturated heterocycles. The van der Waals surface area contributed by atoms with E-state index >= 15 is 0 Å². The Morgan fingerprint density at radius 3 is 2.60 bits per heavy atom. The topological polar surface area (TPSA) is 66.9 Å². The maximum absolute atomic E-state index is 13.4. The first-order chi connectivity index (χ1) is 11.9. The van der Waals surface area contributed by atoms with Crippen LogP contribution in [-0.2, 0) is 25.0 Å². The van der Waals surface area contributed by atoms with Crippen molar-refractivity contribution in [3.05, 3.63) is 29.8 Å². The standard InChI is InChI=1S/C18H24N2O4S/c1-25(22,23)19-10-8-18(9-11-19)15-6-2-3-7-16(15)20(17(18)21)13-14-5-4-12-24-14/h2-3,6-7,14H,4-5,8-13H2,1H3. The van der Waals surface area contributed by atoms with Crippen LogP contribution in [0.1, 0.15) is 31.2 Å². The second-order valence-electron chi connectivity index (χ2n) is 7.31. The van der Waals surface area contributed by atoms with Crippen LogP contribution in [0.25, 0.3) is 0 Å². The number of carbonyl (C=O) groups is 1. The Hall–Kier alpha value is -1.44. The summed E-state index contributed by atoms with van der Waals surface area (Å²) in [5, 5.41) is 0. The summed E-state index contributed by atoms with van der Waals surface area (Å²) in [4.78, 5) is 15.3. The maximum Gasteiger partial charge on any atom is 0.237 e. The molecule has 0 aliphatic carbocycles. The largest absolute Gasteiger partial charge is 0.376 e. The number of sulfonamides is 1. The summed E-state index contributed by atoms with van der Waals surface area (Å²) in [7, 11) is -3.21. The number of hydrogen-bond acceptors (Lipinski definition) is 4. The van der Waals surface area contributed by atoms with E-state index < -0.39 is 15.4 Å². The van der Waals surface area contributed by atoms with Gasteiger partial charge in [-0.05, 0) is 37.3 Å². The van der Waals surface area contributed by atoms with Crippen molar-refractivity contribution >= 4 is 21.6 Å². The Labute approximate surface area is 148 Å². The fourth-order valence-corrected chi connectivity index (χ4v) is 5.30. The van der Waals surface area contributed by atoms with E-state index in [0.29, 0.717) is 32.5 Å². The number of benzene rings is 1. The molecule has 1 amide bonds. The van der Waals surface area contributed by atoms with Gasteiger partial charge < -0.3 is 9.64 Å². The predicted molar refractivity (Wildman–Crippen MR) is 95.1 cm³/mol. The van der Waals surface area contributed by atoms with Crippen LogP contribution >= 0.6 is 0 Å². The van der Waals surface area contributed by atoms with Gasteiger partial charge in [-0.1, -0.05) is 18.2 Å². The van der Waals surface area contributed by atoms with Gasteiger partial charge in [-0.2, -0.15) is 0 Å². The molecule has 0 aromatic heterocycles. The van der Waals surface area contributed by atoms with Crippen LogP contribution in [0, 0.1) is 0 Å². The van der Waals surface area contributed by atoms with Crippen molar-refractivity contribution in [1.82, 2.24) is 4.31 Å². The lowest BCUT2D eigenvalue weighted by Crippen LogP contribution is -2.50. The molecular formula is C18H24N2O4S. The highest BCUT2D eigenvalue weighted by atomic mass is 32.2. The smallest absolute Gasteiger partial charge is 0.237 e. The molecule has 2 fully saturated rings. The number of ether oxygens (including phenoxy) is 1. The average Bonchev–Trinajstić information content (AvgIpc) is 3.18. The molecule has 1 atom stereocenters. The summed E-state index contributed by atoms with van der Waals surface area (Å²) >= 11 is 0. The van der Waals surface area contributed by atoms with Gasteiger partial charge >= 0.3 is 0 Å². The minimum Gasteiger partial charge on any atom is -0.376 e. The van der Waals surface area contributed by atoms with Crippen LogP contribution < -0.4 is 4.90 Å². The van der Waals surface area contributed by atoms with Crippen LogP contribution in [0.4, 0.5) is 5.69 Å². The van der Waals surface area contributed by atoms with Crippen molar-refractivity contribution in [1.29, 1.82) is 0 Å². The van der Waals surface area contributed by atoms with Crippen molar-refractivity contribution < 1.29 is 17.9 Å².